The molecule has 3 heterocycles. The maximum Gasteiger partial charge on any atom is 0.303 e. The highest BCUT2D eigenvalue weighted by Gasteiger charge is 2.57. The monoisotopic (exact) mass is 691 g/mol. The van der Waals surface area contributed by atoms with Gasteiger partial charge in [0.15, 0.2) is 37.2 Å². The molecular formula is C32H41N3O14. The summed E-state index contributed by atoms with van der Waals surface area (Å²) in [4.78, 5) is 51.7. The molecule has 4 rings (SSSR count). The fraction of sp³-hybridized carbons (Fsp3) is 0.625. The van der Waals surface area contributed by atoms with Crippen molar-refractivity contribution >= 4 is 23.9 Å². The molecule has 3 saturated heterocycles. The molecule has 17 nitrogen and oxygen atoms in total. The molecule has 0 spiro atoms. The lowest BCUT2D eigenvalue weighted by Gasteiger charge is -2.50. The Hall–Kier alpha value is -4.09. The van der Waals surface area contributed by atoms with Crippen LogP contribution in [0.25, 0.3) is 10.4 Å². The molecule has 3 aliphatic heterocycles. The number of azide groups is 1. The number of hydrogen-bond acceptors (Lipinski definition) is 15. The fourth-order valence-electron chi connectivity index (χ4n) is 5.70. The van der Waals surface area contributed by atoms with E-state index in [4.69, 9.17) is 47.4 Å². The van der Waals surface area contributed by atoms with Crippen LogP contribution in [-0.2, 0) is 66.5 Å². The van der Waals surface area contributed by atoms with E-state index < -0.39 is 98.1 Å². The topological polar surface area (TPSA) is 209 Å². The van der Waals surface area contributed by atoms with Crippen LogP contribution in [0.5, 0.6) is 0 Å². The normalized spacial score (nSPS) is 32.4. The molecular weight excluding hydrogens is 650 g/mol. The predicted octanol–water partition coefficient (Wildman–Crippen LogP) is 2.96. The molecule has 0 saturated carbocycles. The Labute approximate surface area is 282 Å². The van der Waals surface area contributed by atoms with Crippen molar-refractivity contribution < 1.29 is 66.5 Å². The van der Waals surface area contributed by atoms with Crippen LogP contribution in [0.2, 0.25) is 0 Å². The van der Waals surface area contributed by atoms with Gasteiger partial charge in [0.1, 0.15) is 37.1 Å². The van der Waals surface area contributed by atoms with Crippen LogP contribution in [0.3, 0.4) is 0 Å². The van der Waals surface area contributed by atoms with E-state index in [-0.39, 0.29) is 13.2 Å². The van der Waals surface area contributed by atoms with Crippen LogP contribution in [0.1, 0.15) is 52.4 Å². The van der Waals surface area contributed by atoms with Crippen LogP contribution in [-0.4, -0.2) is 105 Å². The third kappa shape index (κ3) is 10.2. The number of ether oxygens (including phenoxy) is 10. The number of hydrogen-bond donors (Lipinski definition) is 0. The number of carbonyl (C=O) groups is 4. The zero-order chi connectivity index (χ0) is 35.5. The summed E-state index contributed by atoms with van der Waals surface area (Å²) in [5.41, 5.74) is 10.3. The number of allylic oxidation sites excluding steroid dienone is 1. The minimum absolute atomic E-state index is 0.0260. The maximum absolute atomic E-state index is 12.4. The van der Waals surface area contributed by atoms with Gasteiger partial charge in [-0.25, -0.2) is 0 Å². The summed E-state index contributed by atoms with van der Waals surface area (Å²) in [5.74, 6) is -3.08. The van der Waals surface area contributed by atoms with Gasteiger partial charge in [-0.2, -0.15) is 0 Å². The zero-order valence-corrected chi connectivity index (χ0v) is 27.6. The smallest absolute Gasteiger partial charge is 0.303 e. The molecule has 1 aromatic rings. The highest BCUT2D eigenvalue weighted by atomic mass is 16.8. The molecule has 0 N–H and O–H groups in total. The molecule has 0 amide bonds. The lowest BCUT2D eigenvalue weighted by Crippen LogP contribution is -2.67. The third-order valence-electron chi connectivity index (χ3n) is 7.64. The largest absolute Gasteiger partial charge is 0.463 e. The number of carbonyl (C=O) groups excluding carboxylic acids is 4. The summed E-state index contributed by atoms with van der Waals surface area (Å²) < 4.78 is 59.0. The van der Waals surface area contributed by atoms with Crippen molar-refractivity contribution in [1.82, 2.24) is 0 Å². The van der Waals surface area contributed by atoms with Gasteiger partial charge in [-0.1, -0.05) is 41.5 Å². The van der Waals surface area contributed by atoms with Crippen molar-refractivity contribution in [3.8, 4) is 0 Å². The maximum atomic E-state index is 12.4. The molecule has 17 heteroatoms. The molecule has 268 valence electrons. The van der Waals surface area contributed by atoms with E-state index in [9.17, 15) is 24.7 Å². The molecule has 3 aliphatic rings. The summed E-state index contributed by atoms with van der Waals surface area (Å²) in [7, 11) is 0. The average Bonchev–Trinajstić information content (AvgIpc) is 3.05. The molecule has 11 atom stereocenters. The molecule has 0 aliphatic carbocycles. The predicted molar refractivity (Wildman–Crippen MR) is 164 cm³/mol. The Balaban J connectivity index is 1.76. The lowest BCUT2D eigenvalue weighted by atomic mass is 9.94. The van der Waals surface area contributed by atoms with Gasteiger partial charge >= 0.3 is 23.9 Å². The van der Waals surface area contributed by atoms with E-state index in [1.165, 1.54) is 0 Å². The van der Waals surface area contributed by atoms with E-state index in [0.717, 1.165) is 27.7 Å². The molecule has 49 heavy (non-hydrogen) atoms. The number of nitrogens with zero attached hydrogens (tertiary/aromatic N) is 3. The van der Waals surface area contributed by atoms with Crippen LogP contribution >= 0.6 is 0 Å². The zero-order valence-electron chi connectivity index (χ0n) is 27.6. The highest BCUT2D eigenvalue weighted by Crippen LogP contribution is 2.39. The average molecular weight is 692 g/mol. The summed E-state index contributed by atoms with van der Waals surface area (Å²) in [6.45, 7) is 7.98. The van der Waals surface area contributed by atoms with Crippen molar-refractivity contribution in [3.63, 3.8) is 0 Å². The van der Waals surface area contributed by atoms with E-state index in [1.54, 1.807) is 18.2 Å². The van der Waals surface area contributed by atoms with Gasteiger partial charge in [-0.3, -0.25) is 19.2 Å². The minimum atomic E-state index is -1.59. The Morgan fingerprint density at radius 1 is 0.898 bits per heavy atom. The summed E-state index contributed by atoms with van der Waals surface area (Å²) in [6.07, 6.45) is -9.32. The van der Waals surface area contributed by atoms with Gasteiger partial charge in [0.25, 0.3) is 0 Å². The number of fused-ring (bicyclic) bond motifs is 1. The summed E-state index contributed by atoms with van der Waals surface area (Å²) in [5, 5.41) is 3.96. The Bertz CT molecular complexity index is 1360. The minimum Gasteiger partial charge on any atom is -0.463 e. The van der Waals surface area contributed by atoms with Crippen LogP contribution in [0.15, 0.2) is 48.1 Å². The Kier molecular flexibility index (Phi) is 13.9. The van der Waals surface area contributed by atoms with Crippen molar-refractivity contribution in [2.24, 2.45) is 5.11 Å². The third-order valence-corrected chi connectivity index (χ3v) is 7.64. The molecule has 3 fully saturated rings. The summed E-state index contributed by atoms with van der Waals surface area (Å²) >= 11 is 0. The first-order valence-corrected chi connectivity index (χ1v) is 15.7. The second kappa shape index (κ2) is 18.1. The first kappa shape index (κ1) is 37.7. The first-order chi connectivity index (χ1) is 23.5. The Morgan fingerprint density at radius 2 is 1.57 bits per heavy atom. The van der Waals surface area contributed by atoms with Crippen molar-refractivity contribution in [2.75, 3.05) is 19.8 Å². The van der Waals surface area contributed by atoms with Crippen LogP contribution in [0.4, 0.5) is 0 Å². The molecule has 0 bridgehead atoms. The Morgan fingerprint density at radius 3 is 2.20 bits per heavy atom. The van der Waals surface area contributed by atoms with Gasteiger partial charge in [0, 0.05) is 38.2 Å². The molecule has 0 radical (unpaired) electrons. The van der Waals surface area contributed by atoms with Gasteiger partial charge < -0.3 is 47.4 Å². The second-order valence-electron chi connectivity index (χ2n) is 11.4. The lowest BCUT2D eigenvalue weighted by molar-refractivity contribution is -0.376. The molecule has 1 aromatic carbocycles. The van der Waals surface area contributed by atoms with Gasteiger partial charge in [0.2, 0.25) is 0 Å². The number of rotatable bonds is 14. The number of unbranched alkanes of at least 4 members (excludes halogenated alkanes) is 1. The highest BCUT2D eigenvalue weighted by molar-refractivity contribution is 5.68. The first-order valence-electron chi connectivity index (χ1n) is 15.7. The van der Waals surface area contributed by atoms with Crippen LogP contribution < -0.4 is 0 Å². The number of benzene rings is 1. The second-order valence-corrected chi connectivity index (χ2v) is 11.4. The van der Waals surface area contributed by atoms with Gasteiger partial charge in [-0.05, 0) is 18.4 Å². The number of esters is 4. The molecule has 0 unspecified atom stereocenters. The van der Waals surface area contributed by atoms with Crippen LogP contribution in [0, 0.1) is 0 Å². The van der Waals surface area contributed by atoms with Crippen molar-refractivity contribution in [3.05, 3.63) is 59.0 Å². The standard InChI is InChI=1S/C32H41N3O14/c1-6-7-11-14-40-31-24(34-35-33)27(25-23(46-31)16-42-30(48-25)21-12-9-8-10-13-21)49-32-29(45-20(5)39)28(44-19(4)38)26(43-18(3)37)22(47-32)15-41-17(2)36/h6,8-10,12-13,22-32H,1,7,11,14-16H2,2-5H3/t22-,23-,24-,25+,26+,27-,28+,29-,30+,31-,32+/m1/s1. The SMILES string of the molecule is C=CCCCO[C@@H]1O[C@@H]2CO[C@H](c3ccccc3)O[C@@H]2[C@H](O[C@@H]2O[C@H](COC(C)=O)[C@H](OC(C)=O)[C@H](OC(C)=O)[C@H]2OC(C)=O)[C@H]1N=[N+]=[N-]. The van der Waals surface area contributed by atoms with Gasteiger partial charge in [-0.15, -0.1) is 6.58 Å². The van der Waals surface area contributed by atoms with Crippen molar-refractivity contribution in [2.45, 2.75) is 108 Å². The van der Waals surface area contributed by atoms with Gasteiger partial charge in [0.05, 0.1) is 13.2 Å². The van der Waals surface area contributed by atoms with E-state index in [2.05, 4.69) is 16.6 Å². The quantitative estimate of drug-likeness (QED) is 0.0523. The van der Waals surface area contributed by atoms with E-state index >= 15 is 0 Å². The van der Waals surface area contributed by atoms with Crippen molar-refractivity contribution in [1.29, 1.82) is 0 Å². The van der Waals surface area contributed by atoms with E-state index in [1.807, 2.05) is 18.2 Å². The summed E-state index contributed by atoms with van der Waals surface area (Å²) in [6, 6.07) is 7.87. The fourth-order valence-corrected chi connectivity index (χ4v) is 5.70. The molecule has 0 aromatic heterocycles. The van der Waals surface area contributed by atoms with E-state index in [0.29, 0.717) is 18.4 Å².